The highest BCUT2D eigenvalue weighted by molar-refractivity contribution is 9.10. The lowest BCUT2D eigenvalue weighted by Crippen LogP contribution is -2.38. The van der Waals surface area contributed by atoms with Gasteiger partial charge < -0.3 is 0 Å². The maximum absolute atomic E-state index is 5.58. The highest BCUT2D eigenvalue weighted by Gasteiger charge is 1.98. The van der Waals surface area contributed by atoms with Crippen LogP contribution in [0.1, 0.15) is 12.5 Å². The molecule has 0 atom stereocenters. The van der Waals surface area contributed by atoms with Crippen LogP contribution in [0.4, 0.5) is 0 Å². The van der Waals surface area contributed by atoms with Gasteiger partial charge in [0.15, 0.2) is 5.71 Å². The minimum Gasteiger partial charge on any atom is -0.258 e. The Labute approximate surface area is 68.7 Å². The molecule has 0 saturated heterocycles. The van der Waals surface area contributed by atoms with Crippen LogP contribution in [0, 0.1) is 0 Å². The molecule has 2 heteroatoms. The van der Waals surface area contributed by atoms with Gasteiger partial charge in [0.05, 0.1) is 0 Å². The van der Waals surface area contributed by atoms with Crippen molar-refractivity contribution in [1.82, 2.24) is 0 Å². The summed E-state index contributed by atoms with van der Waals surface area (Å²) in [5.41, 5.74) is 1.93. The lowest BCUT2D eigenvalue weighted by Gasteiger charge is -1.92. The molecule has 0 aliphatic carbocycles. The van der Waals surface area contributed by atoms with Crippen molar-refractivity contribution < 1.29 is 5.41 Å². The maximum atomic E-state index is 5.58. The highest BCUT2D eigenvalue weighted by atomic mass is 79.9. The van der Waals surface area contributed by atoms with Crippen LogP contribution in [0.2, 0.25) is 0 Å². The highest BCUT2D eigenvalue weighted by Crippen LogP contribution is 2.10. The van der Waals surface area contributed by atoms with Crippen molar-refractivity contribution in [1.29, 1.82) is 0 Å². The molecule has 0 aliphatic heterocycles. The quantitative estimate of drug-likeness (QED) is 0.653. The second-order valence-electron chi connectivity index (χ2n) is 2.19. The van der Waals surface area contributed by atoms with E-state index in [1.807, 2.05) is 31.2 Å². The van der Waals surface area contributed by atoms with Crippen molar-refractivity contribution in [2.45, 2.75) is 6.92 Å². The Balaban J connectivity index is 3.07. The number of nitrogens with two attached hydrogens (primary N) is 1. The first-order chi connectivity index (χ1) is 4.70. The number of benzene rings is 1. The van der Waals surface area contributed by atoms with Gasteiger partial charge in [0, 0.05) is 17.0 Å². The molecule has 2 N–H and O–H groups in total. The fourth-order valence-corrected chi connectivity index (χ4v) is 1.13. The summed E-state index contributed by atoms with van der Waals surface area (Å²) >= 11 is 3.36. The van der Waals surface area contributed by atoms with Crippen LogP contribution in [0.25, 0.3) is 0 Å². The molecule has 1 rings (SSSR count). The van der Waals surface area contributed by atoms with Crippen LogP contribution < -0.4 is 5.41 Å². The van der Waals surface area contributed by atoms with Gasteiger partial charge >= 0.3 is 0 Å². The van der Waals surface area contributed by atoms with Crippen LogP contribution in [0.3, 0.4) is 0 Å². The fraction of sp³-hybridized carbons (Fsp3) is 0.125. The van der Waals surface area contributed by atoms with Crippen LogP contribution >= 0.6 is 15.9 Å². The van der Waals surface area contributed by atoms with Crippen molar-refractivity contribution in [2.24, 2.45) is 0 Å². The van der Waals surface area contributed by atoms with Gasteiger partial charge in [-0.05, 0) is 18.2 Å². The van der Waals surface area contributed by atoms with Crippen LogP contribution in [-0.2, 0) is 0 Å². The average Bonchev–Trinajstić information content (AvgIpc) is 1.88. The van der Waals surface area contributed by atoms with Crippen molar-refractivity contribution in [3.8, 4) is 0 Å². The monoisotopic (exact) mass is 198 g/mol. The summed E-state index contributed by atoms with van der Waals surface area (Å²) in [5.74, 6) is 0. The van der Waals surface area contributed by atoms with Crippen molar-refractivity contribution in [3.63, 3.8) is 0 Å². The Morgan fingerprint density at radius 2 is 2.20 bits per heavy atom. The van der Waals surface area contributed by atoms with Gasteiger partial charge in [-0.2, -0.15) is 0 Å². The molecule has 0 heterocycles. The van der Waals surface area contributed by atoms with E-state index in [-0.39, 0.29) is 0 Å². The summed E-state index contributed by atoms with van der Waals surface area (Å²) < 4.78 is 1.06. The molecule has 1 nitrogen and oxygen atoms in total. The predicted molar refractivity (Wildman–Crippen MR) is 45.9 cm³/mol. The van der Waals surface area contributed by atoms with Crippen LogP contribution in [-0.4, -0.2) is 5.71 Å². The summed E-state index contributed by atoms with van der Waals surface area (Å²) in [7, 11) is 0. The number of rotatable bonds is 1. The first-order valence-electron chi connectivity index (χ1n) is 3.05. The molecule has 1 aromatic carbocycles. The molecular formula is C8H9BrN+. The summed E-state index contributed by atoms with van der Waals surface area (Å²) in [6.45, 7) is 1.89. The third kappa shape index (κ3) is 1.67. The van der Waals surface area contributed by atoms with Gasteiger partial charge in [-0.25, -0.2) is 0 Å². The van der Waals surface area contributed by atoms with E-state index in [1.54, 1.807) is 0 Å². The third-order valence-corrected chi connectivity index (χ3v) is 1.77. The Bertz CT molecular complexity index is 255. The second-order valence-corrected chi connectivity index (χ2v) is 3.11. The molecule has 0 bridgehead atoms. The molecule has 0 fully saturated rings. The van der Waals surface area contributed by atoms with Crippen molar-refractivity contribution >= 4 is 21.6 Å². The molecule has 0 aromatic heterocycles. The van der Waals surface area contributed by atoms with E-state index < -0.39 is 0 Å². The van der Waals surface area contributed by atoms with Crippen molar-refractivity contribution in [2.75, 3.05) is 0 Å². The molecule has 0 unspecified atom stereocenters. The topological polar surface area (TPSA) is 25.6 Å². The van der Waals surface area contributed by atoms with E-state index in [4.69, 9.17) is 5.41 Å². The summed E-state index contributed by atoms with van der Waals surface area (Å²) in [5, 5.41) is 5.58. The Kier molecular flexibility index (Phi) is 2.22. The Morgan fingerprint density at radius 1 is 1.50 bits per heavy atom. The van der Waals surface area contributed by atoms with Gasteiger partial charge in [-0.15, -0.1) is 0 Å². The van der Waals surface area contributed by atoms with Crippen LogP contribution in [0.5, 0.6) is 0 Å². The molecule has 10 heavy (non-hydrogen) atoms. The zero-order valence-corrected chi connectivity index (χ0v) is 7.35. The number of hydrogen-bond acceptors (Lipinski definition) is 0. The minimum absolute atomic E-state index is 0.848. The molecule has 0 aliphatic rings. The van der Waals surface area contributed by atoms with Gasteiger partial charge in [0.25, 0.3) is 0 Å². The number of halogens is 1. The van der Waals surface area contributed by atoms with E-state index >= 15 is 0 Å². The lowest BCUT2D eigenvalue weighted by atomic mass is 10.1. The first-order valence-corrected chi connectivity index (χ1v) is 3.84. The largest absolute Gasteiger partial charge is 0.258 e. The van der Waals surface area contributed by atoms with Gasteiger partial charge in [-0.3, -0.25) is 5.41 Å². The molecule has 0 radical (unpaired) electrons. The standard InChI is InChI=1S/C8H8BrN/c1-6(10)7-3-2-4-8(9)5-7/h2-5,10H,1H3/p+1. The smallest absolute Gasteiger partial charge is 0.176 e. The van der Waals surface area contributed by atoms with Crippen LogP contribution in [0.15, 0.2) is 28.7 Å². The van der Waals surface area contributed by atoms with E-state index in [9.17, 15) is 0 Å². The van der Waals surface area contributed by atoms with Crippen molar-refractivity contribution in [3.05, 3.63) is 34.3 Å². The zero-order valence-electron chi connectivity index (χ0n) is 5.76. The fourth-order valence-electron chi connectivity index (χ4n) is 0.734. The van der Waals surface area contributed by atoms with E-state index in [2.05, 4.69) is 15.9 Å². The molecule has 0 saturated carbocycles. The number of hydrogen-bond donors (Lipinski definition) is 1. The Hall–Kier alpha value is -0.630. The van der Waals surface area contributed by atoms with Gasteiger partial charge in [0.1, 0.15) is 0 Å². The zero-order chi connectivity index (χ0) is 7.56. The second kappa shape index (κ2) is 2.97. The van der Waals surface area contributed by atoms with E-state index in [0.29, 0.717) is 0 Å². The molecule has 0 spiro atoms. The van der Waals surface area contributed by atoms with Gasteiger partial charge in [0.2, 0.25) is 0 Å². The summed E-state index contributed by atoms with van der Waals surface area (Å²) in [6, 6.07) is 7.93. The summed E-state index contributed by atoms with van der Waals surface area (Å²) in [6.07, 6.45) is 0. The van der Waals surface area contributed by atoms with E-state index in [0.717, 1.165) is 15.7 Å². The molecular weight excluding hydrogens is 190 g/mol. The first kappa shape index (κ1) is 7.48. The maximum Gasteiger partial charge on any atom is 0.176 e. The Morgan fingerprint density at radius 3 is 2.60 bits per heavy atom. The normalized spacial score (nSPS) is 9.40. The molecule has 52 valence electrons. The SMILES string of the molecule is CC(=[NH2+])c1cccc(Br)c1. The minimum atomic E-state index is 0.848. The molecule has 0 amide bonds. The van der Waals surface area contributed by atoms with Gasteiger partial charge in [-0.1, -0.05) is 22.0 Å². The lowest BCUT2D eigenvalue weighted by molar-refractivity contribution is -0.113. The summed E-state index contributed by atoms with van der Waals surface area (Å²) in [4.78, 5) is 0. The molecule has 1 aromatic rings. The third-order valence-electron chi connectivity index (χ3n) is 1.28. The van der Waals surface area contributed by atoms with E-state index in [1.165, 1.54) is 0 Å². The predicted octanol–water partition coefficient (Wildman–Crippen LogP) is 1.02. The average molecular weight is 199 g/mol.